The Morgan fingerprint density at radius 2 is 1.83 bits per heavy atom. The van der Waals surface area contributed by atoms with Crippen LogP contribution >= 0.6 is 0 Å². The molecule has 0 radical (unpaired) electrons. The van der Waals surface area contributed by atoms with E-state index in [1.807, 2.05) is 0 Å². The van der Waals surface area contributed by atoms with Crippen molar-refractivity contribution >= 4 is 11.9 Å². The highest BCUT2D eigenvalue weighted by atomic mass is 16.2. The van der Waals surface area contributed by atoms with Gasteiger partial charge >= 0.3 is 0 Å². The summed E-state index contributed by atoms with van der Waals surface area (Å²) in [6.07, 6.45) is 14.8. The molecule has 24 heavy (non-hydrogen) atoms. The summed E-state index contributed by atoms with van der Waals surface area (Å²) in [4.78, 5) is 19.3. The average molecular weight is 334 g/mol. The molecule has 1 heterocycles. The number of nitrogens with zero attached hydrogens (tertiary/aromatic N) is 2. The minimum absolute atomic E-state index is 0.147. The Balaban J connectivity index is 1.70. The lowest BCUT2D eigenvalue weighted by Gasteiger charge is -2.34. The zero-order chi connectivity index (χ0) is 17.2. The van der Waals surface area contributed by atoms with Crippen molar-refractivity contribution in [2.45, 2.75) is 89.5 Å². The summed E-state index contributed by atoms with van der Waals surface area (Å²) < 4.78 is 0. The predicted octanol–water partition coefficient (Wildman–Crippen LogP) is 4.09. The highest BCUT2D eigenvalue weighted by molar-refractivity contribution is 6.06. The second-order valence-corrected chi connectivity index (χ2v) is 8.75. The predicted molar refractivity (Wildman–Crippen MR) is 98.7 cm³/mol. The van der Waals surface area contributed by atoms with Crippen LogP contribution in [0.5, 0.6) is 0 Å². The number of hydrogen-bond acceptors (Lipinski definition) is 3. The molecule has 0 aromatic heterocycles. The molecule has 0 aromatic carbocycles. The van der Waals surface area contributed by atoms with Crippen molar-refractivity contribution in [3.63, 3.8) is 0 Å². The van der Waals surface area contributed by atoms with Crippen molar-refractivity contribution in [3.05, 3.63) is 0 Å². The molecule has 0 saturated heterocycles. The number of hydrogen-bond donors (Lipinski definition) is 1. The Labute approximate surface area is 147 Å². The largest absolute Gasteiger partial charge is 0.369 e. The van der Waals surface area contributed by atoms with Crippen molar-refractivity contribution < 1.29 is 4.79 Å². The highest BCUT2D eigenvalue weighted by Crippen LogP contribution is 2.41. The topological polar surface area (TPSA) is 58.7 Å². The molecule has 136 valence electrons. The fraction of sp³-hybridized carbons (Fsp3) is 0.900. The molecule has 1 aliphatic heterocycles. The zero-order valence-electron chi connectivity index (χ0n) is 15.6. The zero-order valence-corrected chi connectivity index (χ0v) is 15.6. The lowest BCUT2D eigenvalue weighted by molar-refractivity contribution is -0.131. The molecule has 2 fully saturated rings. The first kappa shape index (κ1) is 17.8. The van der Waals surface area contributed by atoms with Crippen LogP contribution in [0.4, 0.5) is 0 Å². The van der Waals surface area contributed by atoms with Gasteiger partial charge in [0.25, 0.3) is 5.91 Å². The maximum absolute atomic E-state index is 13.0. The summed E-state index contributed by atoms with van der Waals surface area (Å²) in [7, 11) is 1.78. The minimum Gasteiger partial charge on any atom is -0.369 e. The fourth-order valence-corrected chi connectivity index (χ4v) is 5.30. The van der Waals surface area contributed by atoms with E-state index in [9.17, 15) is 4.79 Å². The van der Waals surface area contributed by atoms with Crippen molar-refractivity contribution in [2.24, 2.45) is 28.5 Å². The SMILES string of the molecule is CC1CCCC(C[C@@]2(CCC3CCCCC3)N=C(N)N(C)C2=O)C1. The first-order valence-electron chi connectivity index (χ1n) is 10.1. The number of guanidine groups is 1. The maximum atomic E-state index is 13.0. The van der Waals surface area contributed by atoms with Gasteiger partial charge in [-0.25, -0.2) is 4.99 Å². The van der Waals surface area contributed by atoms with Crippen LogP contribution in [0.15, 0.2) is 4.99 Å². The van der Waals surface area contributed by atoms with Gasteiger partial charge in [0.05, 0.1) is 0 Å². The molecule has 0 aromatic rings. The van der Waals surface area contributed by atoms with E-state index < -0.39 is 5.54 Å². The first-order valence-corrected chi connectivity index (χ1v) is 10.1. The Hall–Kier alpha value is -1.06. The maximum Gasteiger partial charge on any atom is 0.257 e. The molecule has 3 aliphatic rings. The highest BCUT2D eigenvalue weighted by Gasteiger charge is 2.47. The van der Waals surface area contributed by atoms with Gasteiger partial charge in [-0.1, -0.05) is 58.3 Å². The number of likely N-dealkylation sites (N-methyl/N-ethyl adjacent to an activating group) is 1. The third-order valence-corrected chi connectivity index (χ3v) is 6.74. The summed E-state index contributed by atoms with van der Waals surface area (Å²) in [6.45, 7) is 2.35. The Bertz CT molecular complexity index is 483. The van der Waals surface area contributed by atoms with E-state index in [0.717, 1.165) is 31.1 Å². The van der Waals surface area contributed by atoms with Crippen molar-refractivity contribution in [1.29, 1.82) is 0 Å². The second-order valence-electron chi connectivity index (χ2n) is 8.75. The van der Waals surface area contributed by atoms with Crippen LogP contribution in [-0.2, 0) is 4.79 Å². The second kappa shape index (κ2) is 7.45. The summed E-state index contributed by atoms with van der Waals surface area (Å²) in [5.41, 5.74) is 5.48. The summed E-state index contributed by atoms with van der Waals surface area (Å²) in [5.74, 6) is 2.78. The third-order valence-electron chi connectivity index (χ3n) is 6.74. The van der Waals surface area contributed by atoms with E-state index >= 15 is 0 Å². The first-order chi connectivity index (χ1) is 11.5. The lowest BCUT2D eigenvalue weighted by Crippen LogP contribution is -2.44. The van der Waals surface area contributed by atoms with Crippen LogP contribution in [0.2, 0.25) is 0 Å². The Morgan fingerprint density at radius 3 is 2.46 bits per heavy atom. The molecule has 2 saturated carbocycles. The van der Waals surface area contributed by atoms with E-state index in [1.165, 1.54) is 57.8 Å². The lowest BCUT2D eigenvalue weighted by atomic mass is 9.73. The molecular formula is C20H35N3O. The molecule has 2 unspecified atom stereocenters. The summed E-state index contributed by atoms with van der Waals surface area (Å²) in [5, 5.41) is 0. The molecular weight excluding hydrogens is 298 g/mol. The van der Waals surface area contributed by atoms with Gasteiger partial charge in [-0.15, -0.1) is 0 Å². The van der Waals surface area contributed by atoms with E-state index in [0.29, 0.717) is 11.9 Å². The van der Waals surface area contributed by atoms with Crippen molar-refractivity contribution in [1.82, 2.24) is 4.90 Å². The minimum atomic E-state index is -0.558. The normalized spacial score (nSPS) is 35.3. The van der Waals surface area contributed by atoms with Gasteiger partial charge < -0.3 is 5.73 Å². The molecule has 3 atom stereocenters. The van der Waals surface area contributed by atoms with Gasteiger partial charge in [-0.05, 0) is 43.4 Å². The van der Waals surface area contributed by atoms with Crippen LogP contribution in [0, 0.1) is 17.8 Å². The fourth-order valence-electron chi connectivity index (χ4n) is 5.30. The molecule has 1 amide bonds. The van der Waals surface area contributed by atoms with Gasteiger partial charge in [0.15, 0.2) is 5.96 Å². The average Bonchev–Trinajstić information content (AvgIpc) is 2.78. The van der Waals surface area contributed by atoms with E-state index in [-0.39, 0.29) is 5.91 Å². The molecule has 0 bridgehead atoms. The molecule has 2 N–H and O–H groups in total. The Morgan fingerprint density at radius 1 is 1.12 bits per heavy atom. The van der Waals surface area contributed by atoms with E-state index in [4.69, 9.17) is 10.7 Å². The van der Waals surface area contributed by atoms with Crippen molar-refractivity contribution in [2.75, 3.05) is 7.05 Å². The van der Waals surface area contributed by atoms with Gasteiger partial charge in [0.2, 0.25) is 0 Å². The molecule has 4 heteroatoms. The van der Waals surface area contributed by atoms with Gasteiger partial charge in [-0.3, -0.25) is 9.69 Å². The van der Waals surface area contributed by atoms with Crippen molar-refractivity contribution in [3.8, 4) is 0 Å². The summed E-state index contributed by atoms with van der Waals surface area (Å²) >= 11 is 0. The van der Waals surface area contributed by atoms with Crippen LogP contribution in [0.25, 0.3) is 0 Å². The smallest absolute Gasteiger partial charge is 0.257 e. The standard InChI is InChI=1S/C20H35N3O/c1-15-7-6-10-17(13-15)14-20(18(24)23(2)19(21)22-20)12-11-16-8-4-3-5-9-16/h15-17H,3-14H2,1-2H3,(H2,21,22)/t15?,17?,20-/m1/s1. The number of amides is 1. The van der Waals surface area contributed by atoms with Crippen LogP contribution in [0.1, 0.15) is 84.0 Å². The van der Waals surface area contributed by atoms with Crippen LogP contribution in [0.3, 0.4) is 0 Å². The van der Waals surface area contributed by atoms with Gasteiger partial charge in [-0.2, -0.15) is 0 Å². The van der Waals surface area contributed by atoms with Crippen LogP contribution < -0.4 is 5.73 Å². The number of nitrogens with two attached hydrogens (primary N) is 1. The molecule has 0 spiro atoms. The summed E-state index contributed by atoms with van der Waals surface area (Å²) in [6, 6.07) is 0. The molecule has 3 rings (SSSR count). The quantitative estimate of drug-likeness (QED) is 0.824. The molecule has 2 aliphatic carbocycles. The number of carbonyl (C=O) groups excluding carboxylic acids is 1. The monoisotopic (exact) mass is 333 g/mol. The number of aliphatic imine (C=N–C) groups is 1. The van der Waals surface area contributed by atoms with Crippen LogP contribution in [-0.4, -0.2) is 29.4 Å². The van der Waals surface area contributed by atoms with E-state index in [1.54, 1.807) is 11.9 Å². The Kier molecular flexibility index (Phi) is 5.51. The molecule has 4 nitrogen and oxygen atoms in total. The number of rotatable bonds is 5. The van der Waals surface area contributed by atoms with Gasteiger partial charge in [0.1, 0.15) is 5.54 Å². The van der Waals surface area contributed by atoms with Gasteiger partial charge in [0, 0.05) is 7.05 Å². The third kappa shape index (κ3) is 3.78. The number of carbonyl (C=O) groups is 1. The van der Waals surface area contributed by atoms with E-state index in [2.05, 4.69) is 6.92 Å².